The first kappa shape index (κ1) is 17.5. The molecule has 3 rings (SSSR count). The van der Waals surface area contributed by atoms with E-state index in [4.69, 9.17) is 0 Å². The zero-order chi connectivity index (χ0) is 16.9. The first-order chi connectivity index (χ1) is 11.7. The van der Waals surface area contributed by atoms with E-state index in [-0.39, 0.29) is 36.5 Å². The molecule has 0 aromatic carbocycles. The van der Waals surface area contributed by atoms with Crippen LogP contribution < -0.4 is 5.32 Å². The molecule has 0 aromatic rings. The smallest absolute Gasteiger partial charge is 0.318 e. The Hall–Kier alpha value is -1.30. The average molecular weight is 337 g/mol. The quantitative estimate of drug-likeness (QED) is 0.824. The van der Waals surface area contributed by atoms with Crippen molar-refractivity contribution in [1.82, 2.24) is 15.1 Å². The summed E-state index contributed by atoms with van der Waals surface area (Å²) >= 11 is 0. The maximum absolute atomic E-state index is 12.6. The minimum Gasteiger partial charge on any atom is -0.393 e. The Morgan fingerprint density at radius 3 is 2.42 bits per heavy atom. The van der Waals surface area contributed by atoms with Crippen molar-refractivity contribution >= 4 is 11.9 Å². The monoisotopic (exact) mass is 337 g/mol. The van der Waals surface area contributed by atoms with E-state index in [1.165, 1.54) is 6.42 Å². The van der Waals surface area contributed by atoms with Gasteiger partial charge in [-0.15, -0.1) is 0 Å². The van der Waals surface area contributed by atoms with Gasteiger partial charge in [0.05, 0.1) is 12.6 Å². The Balaban J connectivity index is 1.50. The molecule has 0 radical (unpaired) electrons. The lowest BCUT2D eigenvalue weighted by molar-refractivity contribution is -0.131. The van der Waals surface area contributed by atoms with Crippen LogP contribution in [0, 0.1) is 5.92 Å². The van der Waals surface area contributed by atoms with Gasteiger partial charge in [-0.25, -0.2) is 4.79 Å². The highest BCUT2D eigenvalue weighted by Crippen LogP contribution is 2.34. The van der Waals surface area contributed by atoms with E-state index in [2.05, 4.69) is 5.32 Å². The Bertz CT molecular complexity index is 451. The predicted octanol–water partition coefficient (Wildman–Crippen LogP) is 1.72. The van der Waals surface area contributed by atoms with E-state index in [9.17, 15) is 14.7 Å². The van der Waals surface area contributed by atoms with Crippen LogP contribution in [-0.4, -0.2) is 65.2 Å². The fourth-order valence-electron chi connectivity index (χ4n) is 4.59. The number of nitrogens with one attached hydrogen (secondary N) is 1. The summed E-state index contributed by atoms with van der Waals surface area (Å²) < 4.78 is 0. The molecule has 0 bridgehead atoms. The molecule has 2 saturated heterocycles. The molecule has 6 heteroatoms. The number of hydrogen-bond acceptors (Lipinski definition) is 3. The van der Waals surface area contributed by atoms with Gasteiger partial charge in [0.2, 0.25) is 5.91 Å². The summed E-state index contributed by atoms with van der Waals surface area (Å²) in [4.78, 5) is 28.5. The SMILES string of the molecule is O=C(CNC(=O)N1CCCC1C1CCCCC1O)N1CCCCC1. The van der Waals surface area contributed by atoms with E-state index in [1.54, 1.807) is 0 Å². The van der Waals surface area contributed by atoms with Crippen molar-refractivity contribution in [2.24, 2.45) is 5.92 Å². The Morgan fingerprint density at radius 2 is 1.67 bits per heavy atom. The van der Waals surface area contributed by atoms with E-state index in [0.29, 0.717) is 0 Å². The zero-order valence-corrected chi connectivity index (χ0v) is 14.6. The van der Waals surface area contributed by atoms with Gasteiger partial charge in [-0.05, 0) is 44.9 Å². The topological polar surface area (TPSA) is 72.9 Å². The van der Waals surface area contributed by atoms with Crippen LogP contribution in [0.25, 0.3) is 0 Å². The van der Waals surface area contributed by atoms with Crippen LogP contribution in [0.3, 0.4) is 0 Å². The Morgan fingerprint density at radius 1 is 0.917 bits per heavy atom. The molecule has 1 saturated carbocycles. The summed E-state index contributed by atoms with van der Waals surface area (Å²) in [6.45, 7) is 2.46. The number of hydrogen-bond donors (Lipinski definition) is 2. The molecule has 3 aliphatic rings. The molecule has 2 aliphatic heterocycles. The van der Waals surface area contributed by atoms with E-state index >= 15 is 0 Å². The highest BCUT2D eigenvalue weighted by atomic mass is 16.3. The number of rotatable bonds is 3. The summed E-state index contributed by atoms with van der Waals surface area (Å²) in [7, 11) is 0. The summed E-state index contributed by atoms with van der Waals surface area (Å²) in [6.07, 6.45) is 9.06. The van der Waals surface area contributed by atoms with Gasteiger partial charge < -0.3 is 20.2 Å². The maximum atomic E-state index is 12.6. The van der Waals surface area contributed by atoms with Crippen LogP contribution in [0.15, 0.2) is 0 Å². The van der Waals surface area contributed by atoms with Crippen LogP contribution in [0.4, 0.5) is 4.79 Å². The second-order valence-electron chi connectivity index (χ2n) is 7.52. The maximum Gasteiger partial charge on any atom is 0.318 e. The third-order valence-corrected chi connectivity index (χ3v) is 5.94. The Labute approximate surface area is 144 Å². The third-order valence-electron chi connectivity index (χ3n) is 5.94. The summed E-state index contributed by atoms with van der Waals surface area (Å²) in [6, 6.07) is -0.00831. The molecule has 0 aromatic heterocycles. The van der Waals surface area contributed by atoms with Gasteiger partial charge in [0, 0.05) is 31.6 Å². The zero-order valence-electron chi connectivity index (χ0n) is 14.6. The van der Waals surface area contributed by atoms with E-state index < -0.39 is 0 Å². The second kappa shape index (κ2) is 8.19. The number of piperidine rings is 1. The van der Waals surface area contributed by atoms with Crippen LogP contribution in [-0.2, 0) is 4.79 Å². The molecule has 3 unspecified atom stereocenters. The van der Waals surface area contributed by atoms with Crippen LogP contribution >= 0.6 is 0 Å². The molecule has 3 amide bonds. The molecule has 2 N–H and O–H groups in total. The van der Waals surface area contributed by atoms with E-state index in [1.807, 2.05) is 9.80 Å². The molecular formula is C18H31N3O3. The number of aliphatic hydroxyl groups excluding tert-OH is 1. The van der Waals surface area contributed by atoms with Crippen molar-refractivity contribution in [3.63, 3.8) is 0 Å². The summed E-state index contributed by atoms with van der Waals surface area (Å²) in [5.74, 6) is 0.223. The Kier molecular flexibility index (Phi) is 5.98. The third kappa shape index (κ3) is 4.02. The molecule has 3 atom stereocenters. The minimum absolute atomic E-state index is 0.0245. The van der Waals surface area contributed by atoms with Crippen molar-refractivity contribution in [1.29, 1.82) is 0 Å². The van der Waals surface area contributed by atoms with Crippen molar-refractivity contribution in [3.05, 3.63) is 0 Å². The summed E-state index contributed by atoms with van der Waals surface area (Å²) in [5.41, 5.74) is 0. The van der Waals surface area contributed by atoms with Crippen LogP contribution in [0.5, 0.6) is 0 Å². The number of nitrogens with zero attached hydrogens (tertiary/aromatic N) is 2. The lowest BCUT2D eigenvalue weighted by Gasteiger charge is -2.37. The summed E-state index contributed by atoms with van der Waals surface area (Å²) in [5, 5.41) is 13.1. The normalized spacial score (nSPS) is 31.1. The van der Waals surface area contributed by atoms with Crippen LogP contribution in [0.1, 0.15) is 57.8 Å². The van der Waals surface area contributed by atoms with Crippen molar-refractivity contribution in [3.8, 4) is 0 Å². The number of carbonyl (C=O) groups excluding carboxylic acids is 2. The lowest BCUT2D eigenvalue weighted by atomic mass is 9.80. The van der Waals surface area contributed by atoms with Gasteiger partial charge in [0.25, 0.3) is 0 Å². The largest absolute Gasteiger partial charge is 0.393 e. The van der Waals surface area contributed by atoms with Crippen LogP contribution in [0.2, 0.25) is 0 Å². The van der Waals surface area contributed by atoms with Gasteiger partial charge >= 0.3 is 6.03 Å². The van der Waals surface area contributed by atoms with Gasteiger partial charge in [0.1, 0.15) is 0 Å². The molecule has 1 aliphatic carbocycles. The molecular weight excluding hydrogens is 306 g/mol. The lowest BCUT2D eigenvalue weighted by Crippen LogP contribution is -2.51. The molecule has 6 nitrogen and oxygen atoms in total. The molecule has 136 valence electrons. The fourth-order valence-corrected chi connectivity index (χ4v) is 4.59. The standard InChI is InChI=1S/C18H31N3O3/c22-16-9-3-2-7-14(16)15-8-6-12-21(15)18(24)19-13-17(23)20-10-4-1-5-11-20/h14-16,22H,1-13H2,(H,19,24). The van der Waals surface area contributed by atoms with Crippen molar-refractivity contribution in [2.45, 2.75) is 69.9 Å². The number of likely N-dealkylation sites (tertiary alicyclic amines) is 2. The van der Waals surface area contributed by atoms with Gasteiger partial charge in [-0.1, -0.05) is 12.8 Å². The molecule has 2 heterocycles. The van der Waals surface area contributed by atoms with E-state index in [0.717, 1.165) is 71.0 Å². The second-order valence-corrected chi connectivity index (χ2v) is 7.52. The highest BCUT2D eigenvalue weighted by Gasteiger charge is 2.39. The van der Waals surface area contributed by atoms with Gasteiger partial charge in [-0.3, -0.25) is 4.79 Å². The van der Waals surface area contributed by atoms with Gasteiger partial charge in [-0.2, -0.15) is 0 Å². The number of urea groups is 1. The first-order valence-electron chi connectivity index (χ1n) is 9.67. The number of amides is 3. The molecule has 3 fully saturated rings. The first-order valence-corrected chi connectivity index (χ1v) is 9.67. The molecule has 24 heavy (non-hydrogen) atoms. The van der Waals surface area contributed by atoms with Gasteiger partial charge in [0.15, 0.2) is 0 Å². The van der Waals surface area contributed by atoms with Crippen molar-refractivity contribution < 1.29 is 14.7 Å². The number of carbonyl (C=O) groups is 2. The molecule has 0 spiro atoms. The van der Waals surface area contributed by atoms with Crippen molar-refractivity contribution in [2.75, 3.05) is 26.2 Å². The number of aliphatic hydroxyl groups is 1. The highest BCUT2D eigenvalue weighted by molar-refractivity contribution is 5.84. The average Bonchev–Trinajstić information content (AvgIpc) is 3.10. The fraction of sp³-hybridized carbons (Fsp3) is 0.889. The predicted molar refractivity (Wildman–Crippen MR) is 91.5 cm³/mol. The minimum atomic E-state index is -0.285.